The van der Waals surface area contributed by atoms with Gasteiger partial charge in [0.2, 0.25) is 0 Å². The fourth-order valence-corrected chi connectivity index (χ4v) is 4.29. The molecule has 0 bridgehead atoms. The number of methoxy groups -OCH3 is 1. The summed E-state index contributed by atoms with van der Waals surface area (Å²) >= 11 is 0. The lowest BCUT2D eigenvalue weighted by molar-refractivity contribution is -0.307. The molecule has 0 N–H and O–H groups in total. The molecule has 1 fully saturated rings. The monoisotopic (exact) mass is 433 g/mol. The predicted octanol–water partition coefficient (Wildman–Crippen LogP) is 3.87. The third kappa shape index (κ3) is 3.49. The number of hydrogen-bond acceptors (Lipinski definition) is 6. The summed E-state index contributed by atoms with van der Waals surface area (Å²) in [5, 5.41) is 0. The van der Waals surface area contributed by atoms with Crippen molar-refractivity contribution in [3.8, 4) is 5.69 Å². The van der Waals surface area contributed by atoms with Crippen LogP contribution in [-0.2, 0) is 18.9 Å². The number of fused-ring (bicyclic) bond motifs is 3. The van der Waals surface area contributed by atoms with E-state index < -0.39 is 30.3 Å². The Hall–Kier alpha value is -3.10. The van der Waals surface area contributed by atoms with Crippen LogP contribution < -0.4 is 5.56 Å². The molecule has 0 saturated carbocycles. The molecular weight excluding hydrogens is 410 g/mol. The third-order valence-electron chi connectivity index (χ3n) is 5.80. The van der Waals surface area contributed by atoms with Crippen LogP contribution in [0.25, 0.3) is 5.69 Å². The molecule has 1 saturated heterocycles. The van der Waals surface area contributed by atoms with E-state index in [4.69, 9.17) is 18.9 Å². The SMILES string of the molecule is CO[C@H]1O[C@@H]2CO[C@@H](c3ccccc3)O[C@H]2c2cc(C(C)=O)c(=O)n(-c3ccccc3)c21. The van der Waals surface area contributed by atoms with Gasteiger partial charge in [0.1, 0.15) is 12.2 Å². The lowest BCUT2D eigenvalue weighted by Crippen LogP contribution is -2.44. The summed E-state index contributed by atoms with van der Waals surface area (Å²) in [5.41, 5.74) is 2.37. The predicted molar refractivity (Wildman–Crippen MR) is 116 cm³/mol. The van der Waals surface area contributed by atoms with Gasteiger partial charge in [-0.2, -0.15) is 0 Å². The first-order valence-corrected chi connectivity index (χ1v) is 10.4. The molecule has 164 valence electrons. The van der Waals surface area contributed by atoms with Gasteiger partial charge in [0, 0.05) is 23.9 Å². The molecule has 3 aromatic rings. The van der Waals surface area contributed by atoms with Crippen molar-refractivity contribution < 1.29 is 23.7 Å². The highest BCUT2D eigenvalue weighted by molar-refractivity contribution is 5.94. The summed E-state index contributed by atoms with van der Waals surface area (Å²) in [6, 6.07) is 20.4. The maximum Gasteiger partial charge on any atom is 0.266 e. The minimum absolute atomic E-state index is 0.0921. The number of ketones is 1. The average molecular weight is 433 g/mol. The smallest absolute Gasteiger partial charge is 0.266 e. The van der Waals surface area contributed by atoms with E-state index >= 15 is 0 Å². The average Bonchev–Trinajstić information content (AvgIpc) is 2.83. The zero-order valence-corrected chi connectivity index (χ0v) is 17.8. The molecule has 5 rings (SSSR count). The molecule has 0 unspecified atom stereocenters. The van der Waals surface area contributed by atoms with Gasteiger partial charge in [0.25, 0.3) is 5.56 Å². The molecule has 2 aliphatic rings. The number of hydrogen-bond donors (Lipinski definition) is 0. The highest BCUT2D eigenvalue weighted by atomic mass is 16.7. The number of pyridine rings is 1. The van der Waals surface area contributed by atoms with E-state index in [0.29, 0.717) is 16.9 Å². The van der Waals surface area contributed by atoms with Gasteiger partial charge in [-0.3, -0.25) is 14.2 Å². The van der Waals surface area contributed by atoms with Crippen LogP contribution in [0.4, 0.5) is 0 Å². The maximum absolute atomic E-state index is 13.4. The molecule has 4 atom stereocenters. The Morgan fingerprint density at radius 1 is 1.03 bits per heavy atom. The van der Waals surface area contributed by atoms with Gasteiger partial charge >= 0.3 is 0 Å². The summed E-state index contributed by atoms with van der Waals surface area (Å²) in [7, 11) is 1.52. The summed E-state index contributed by atoms with van der Waals surface area (Å²) in [6.07, 6.45) is -2.40. The molecular formula is C25H23NO6. The lowest BCUT2D eigenvalue weighted by atomic mass is 9.95. The fourth-order valence-electron chi connectivity index (χ4n) is 4.29. The third-order valence-corrected chi connectivity index (χ3v) is 5.80. The van der Waals surface area contributed by atoms with Crippen LogP contribution in [0.2, 0.25) is 0 Å². The Bertz CT molecular complexity index is 1190. The Morgan fingerprint density at radius 2 is 1.72 bits per heavy atom. The standard InChI is InChI=1S/C25H23NO6/c1-15(27)18-13-19-21(26(23(18)28)17-11-7-4-8-12-17)25(29-2)31-20-14-30-24(32-22(19)20)16-9-5-3-6-10-16/h3-13,20,22,24-25H,14H2,1-2H3/t20-,22+,24-,25+/m1/s1. The van der Waals surface area contributed by atoms with Crippen LogP contribution >= 0.6 is 0 Å². The van der Waals surface area contributed by atoms with Crippen molar-refractivity contribution in [1.29, 1.82) is 0 Å². The number of Topliss-reactive ketones (excluding diaryl/α,β-unsaturated/α-hetero) is 1. The minimum atomic E-state index is -0.819. The van der Waals surface area contributed by atoms with E-state index in [1.165, 1.54) is 18.6 Å². The van der Waals surface area contributed by atoms with Crippen molar-refractivity contribution in [2.24, 2.45) is 0 Å². The molecule has 3 heterocycles. The normalized spacial score (nSPS) is 24.4. The fraction of sp³-hybridized carbons (Fsp3) is 0.280. The Balaban J connectivity index is 1.70. The molecule has 7 nitrogen and oxygen atoms in total. The highest BCUT2D eigenvalue weighted by Crippen LogP contribution is 2.45. The van der Waals surface area contributed by atoms with Gasteiger partial charge < -0.3 is 18.9 Å². The number of carbonyl (C=O) groups is 1. The topological polar surface area (TPSA) is 76.0 Å². The van der Waals surface area contributed by atoms with E-state index in [1.807, 2.05) is 60.7 Å². The largest absolute Gasteiger partial charge is 0.350 e. The molecule has 0 spiro atoms. The summed E-state index contributed by atoms with van der Waals surface area (Å²) in [4.78, 5) is 25.7. The lowest BCUT2D eigenvalue weighted by Gasteiger charge is -2.43. The molecule has 0 amide bonds. The zero-order chi connectivity index (χ0) is 22.2. The number of aromatic nitrogens is 1. The highest BCUT2D eigenvalue weighted by Gasteiger charge is 2.44. The van der Waals surface area contributed by atoms with Gasteiger partial charge in [-0.25, -0.2) is 0 Å². The zero-order valence-electron chi connectivity index (χ0n) is 17.8. The molecule has 7 heteroatoms. The first kappa shape index (κ1) is 20.8. The van der Waals surface area contributed by atoms with Gasteiger partial charge in [0.15, 0.2) is 18.4 Å². The van der Waals surface area contributed by atoms with Crippen LogP contribution in [0.5, 0.6) is 0 Å². The molecule has 0 radical (unpaired) electrons. The molecule has 2 aromatic carbocycles. The van der Waals surface area contributed by atoms with Crippen LogP contribution in [-0.4, -0.2) is 30.2 Å². The number of para-hydroxylation sites is 1. The van der Waals surface area contributed by atoms with Crippen LogP contribution in [0.1, 0.15) is 52.8 Å². The maximum atomic E-state index is 13.4. The van der Waals surface area contributed by atoms with Gasteiger partial charge in [-0.05, 0) is 25.1 Å². The van der Waals surface area contributed by atoms with Crippen LogP contribution in [0.15, 0.2) is 71.5 Å². The molecule has 32 heavy (non-hydrogen) atoms. The second-order valence-corrected chi connectivity index (χ2v) is 7.81. The first-order chi connectivity index (χ1) is 15.6. The first-order valence-electron chi connectivity index (χ1n) is 10.4. The van der Waals surface area contributed by atoms with Crippen LogP contribution in [0, 0.1) is 0 Å². The van der Waals surface area contributed by atoms with Crippen molar-refractivity contribution in [3.63, 3.8) is 0 Å². The van der Waals surface area contributed by atoms with E-state index in [2.05, 4.69) is 0 Å². The quantitative estimate of drug-likeness (QED) is 0.582. The van der Waals surface area contributed by atoms with Crippen molar-refractivity contribution in [2.45, 2.75) is 31.7 Å². The number of rotatable bonds is 4. The minimum Gasteiger partial charge on any atom is -0.350 e. The van der Waals surface area contributed by atoms with Crippen molar-refractivity contribution in [3.05, 3.63) is 99.5 Å². The van der Waals surface area contributed by atoms with E-state index in [9.17, 15) is 9.59 Å². The Morgan fingerprint density at radius 3 is 2.38 bits per heavy atom. The summed E-state index contributed by atoms with van der Waals surface area (Å²) in [5.74, 6) is -0.314. The second-order valence-electron chi connectivity index (χ2n) is 7.81. The molecule has 0 aliphatic carbocycles. The molecule has 2 aliphatic heterocycles. The van der Waals surface area contributed by atoms with Gasteiger partial charge in [-0.15, -0.1) is 0 Å². The molecule has 1 aromatic heterocycles. The summed E-state index contributed by atoms with van der Waals surface area (Å²) in [6.45, 7) is 1.67. The summed E-state index contributed by atoms with van der Waals surface area (Å²) < 4.78 is 25.5. The van der Waals surface area contributed by atoms with Gasteiger partial charge in [-0.1, -0.05) is 48.5 Å². The Kier molecular flexibility index (Phi) is 5.48. The van der Waals surface area contributed by atoms with E-state index in [-0.39, 0.29) is 18.0 Å². The Labute approximate surface area is 185 Å². The van der Waals surface area contributed by atoms with Crippen molar-refractivity contribution >= 4 is 5.78 Å². The second kappa shape index (κ2) is 8.44. The van der Waals surface area contributed by atoms with E-state index in [1.54, 1.807) is 6.07 Å². The number of nitrogens with zero attached hydrogens (tertiary/aromatic N) is 1. The van der Waals surface area contributed by atoms with Crippen molar-refractivity contribution in [2.75, 3.05) is 13.7 Å². The number of benzene rings is 2. The number of ether oxygens (including phenoxy) is 4. The number of carbonyl (C=O) groups excluding carboxylic acids is 1. The van der Waals surface area contributed by atoms with Gasteiger partial charge in [0.05, 0.1) is 17.9 Å². The van der Waals surface area contributed by atoms with E-state index in [0.717, 1.165) is 5.56 Å². The van der Waals surface area contributed by atoms with Crippen molar-refractivity contribution in [1.82, 2.24) is 4.57 Å². The van der Waals surface area contributed by atoms with Crippen LogP contribution in [0.3, 0.4) is 0 Å².